The predicted molar refractivity (Wildman–Crippen MR) is 129 cm³/mol. The van der Waals surface area contributed by atoms with Gasteiger partial charge in [-0.2, -0.15) is 11.8 Å². The number of rotatable bonds is 8. The molecule has 0 bridgehead atoms. The molecule has 1 aliphatic rings. The summed E-state index contributed by atoms with van der Waals surface area (Å²) in [6.45, 7) is -0.0282. The number of benzene rings is 2. The highest BCUT2D eigenvalue weighted by Gasteiger charge is 2.33. The van der Waals surface area contributed by atoms with E-state index >= 15 is 0 Å². The number of carbonyl (C=O) groups excluding carboxylic acids is 4. The quantitative estimate of drug-likeness (QED) is 0.286. The average molecular weight is 500 g/mol. The number of ether oxygens (including phenoxy) is 1. The Bertz CT molecular complexity index is 1240. The van der Waals surface area contributed by atoms with Crippen molar-refractivity contribution in [1.82, 2.24) is 5.32 Å². The van der Waals surface area contributed by atoms with Crippen molar-refractivity contribution in [1.29, 1.82) is 0 Å². The highest BCUT2D eigenvalue weighted by atomic mass is 35.5. The van der Waals surface area contributed by atoms with Crippen LogP contribution in [0.15, 0.2) is 53.9 Å². The fraction of sp³-hybridized carbons (Fsp3) is 0.167. The van der Waals surface area contributed by atoms with Crippen LogP contribution in [0.5, 0.6) is 0 Å². The first-order valence-corrected chi connectivity index (χ1v) is 12.4. The molecular weight excluding hydrogens is 482 g/mol. The summed E-state index contributed by atoms with van der Waals surface area (Å²) in [6, 6.07) is 13.2. The molecule has 4 rings (SSSR count). The second-order valence-corrected chi connectivity index (χ2v) is 9.63. The van der Waals surface area contributed by atoms with Crippen LogP contribution in [0.4, 0.5) is 0 Å². The Labute approximate surface area is 203 Å². The monoisotopic (exact) mass is 499 g/mol. The Morgan fingerprint density at radius 1 is 0.970 bits per heavy atom. The van der Waals surface area contributed by atoms with Crippen molar-refractivity contribution in [3.63, 3.8) is 0 Å². The Morgan fingerprint density at radius 3 is 2.45 bits per heavy atom. The molecule has 0 fully saturated rings. The minimum absolute atomic E-state index is 0.0259. The zero-order chi connectivity index (χ0) is 23.4. The lowest BCUT2D eigenvalue weighted by atomic mass is 9.83. The number of carbonyl (C=O) groups is 4. The number of esters is 1. The molecule has 0 aliphatic heterocycles. The summed E-state index contributed by atoms with van der Waals surface area (Å²) in [6.07, 6.45) is 0. The fourth-order valence-electron chi connectivity index (χ4n) is 3.39. The number of thiophene rings is 1. The van der Waals surface area contributed by atoms with Gasteiger partial charge in [0.05, 0.1) is 16.1 Å². The first-order valence-electron chi connectivity index (χ1n) is 10.0. The fourth-order valence-corrected chi connectivity index (χ4v) is 5.42. The number of amides is 1. The van der Waals surface area contributed by atoms with Crippen LogP contribution >= 0.6 is 34.7 Å². The van der Waals surface area contributed by atoms with Crippen molar-refractivity contribution >= 4 is 58.1 Å². The Balaban J connectivity index is 1.34. The number of ketones is 2. The summed E-state index contributed by atoms with van der Waals surface area (Å²) < 4.78 is 5.07. The van der Waals surface area contributed by atoms with Gasteiger partial charge in [-0.25, -0.2) is 4.79 Å². The minimum Gasteiger partial charge on any atom is -0.452 e. The van der Waals surface area contributed by atoms with E-state index in [-0.39, 0.29) is 33.1 Å². The number of hydrogen-bond acceptors (Lipinski definition) is 7. The summed E-state index contributed by atoms with van der Waals surface area (Å²) in [5.74, 6) is -0.439. The van der Waals surface area contributed by atoms with Gasteiger partial charge in [0.25, 0.3) is 5.91 Å². The van der Waals surface area contributed by atoms with Crippen molar-refractivity contribution in [2.75, 3.05) is 18.9 Å². The van der Waals surface area contributed by atoms with Gasteiger partial charge in [-0.3, -0.25) is 14.4 Å². The van der Waals surface area contributed by atoms with Gasteiger partial charge in [0, 0.05) is 39.6 Å². The SMILES string of the molecule is O=C(COC(=O)c1ccc2c(c1Cl)C(=O)c1ccccc1C2=O)NCCSCc1cccs1. The van der Waals surface area contributed by atoms with Crippen molar-refractivity contribution in [3.05, 3.63) is 91.6 Å². The van der Waals surface area contributed by atoms with E-state index in [1.54, 1.807) is 47.4 Å². The summed E-state index contributed by atoms with van der Waals surface area (Å²) in [7, 11) is 0. The van der Waals surface area contributed by atoms with E-state index in [0.29, 0.717) is 12.1 Å². The van der Waals surface area contributed by atoms with Crippen LogP contribution in [0.1, 0.15) is 47.1 Å². The lowest BCUT2D eigenvalue weighted by Crippen LogP contribution is -2.30. The maximum absolute atomic E-state index is 12.9. The molecule has 0 unspecified atom stereocenters. The van der Waals surface area contributed by atoms with Gasteiger partial charge in [-0.1, -0.05) is 41.9 Å². The van der Waals surface area contributed by atoms with Gasteiger partial charge >= 0.3 is 5.97 Å². The molecule has 0 atom stereocenters. The first kappa shape index (κ1) is 23.2. The molecule has 33 heavy (non-hydrogen) atoms. The molecule has 1 heterocycles. The molecule has 0 saturated carbocycles. The Morgan fingerprint density at radius 2 is 1.73 bits per heavy atom. The van der Waals surface area contributed by atoms with Gasteiger partial charge in [0.15, 0.2) is 18.2 Å². The molecule has 1 amide bonds. The van der Waals surface area contributed by atoms with Crippen LogP contribution in [0, 0.1) is 0 Å². The first-order chi connectivity index (χ1) is 16.0. The van der Waals surface area contributed by atoms with E-state index in [0.717, 1.165) is 11.5 Å². The largest absolute Gasteiger partial charge is 0.452 e. The molecule has 1 N–H and O–H groups in total. The average Bonchev–Trinajstić information content (AvgIpc) is 3.34. The molecule has 1 aromatic heterocycles. The minimum atomic E-state index is -0.843. The molecule has 9 heteroatoms. The van der Waals surface area contributed by atoms with Crippen LogP contribution in [0.2, 0.25) is 5.02 Å². The zero-order valence-electron chi connectivity index (χ0n) is 17.3. The smallest absolute Gasteiger partial charge is 0.340 e. The van der Waals surface area contributed by atoms with E-state index in [1.807, 2.05) is 11.4 Å². The number of nitrogens with one attached hydrogen (secondary N) is 1. The normalized spacial score (nSPS) is 12.2. The lowest BCUT2D eigenvalue weighted by Gasteiger charge is -2.19. The van der Waals surface area contributed by atoms with Gasteiger partial charge in [-0.05, 0) is 23.6 Å². The van der Waals surface area contributed by atoms with Crippen LogP contribution in [-0.4, -0.2) is 42.3 Å². The molecule has 2 aromatic carbocycles. The summed E-state index contributed by atoms with van der Waals surface area (Å²) in [4.78, 5) is 51.4. The molecule has 0 radical (unpaired) electrons. The van der Waals surface area contributed by atoms with Crippen molar-refractivity contribution in [3.8, 4) is 0 Å². The zero-order valence-corrected chi connectivity index (χ0v) is 19.6. The topological polar surface area (TPSA) is 89.5 Å². The molecule has 168 valence electrons. The van der Waals surface area contributed by atoms with E-state index in [2.05, 4.69) is 11.4 Å². The molecule has 0 spiro atoms. The van der Waals surface area contributed by atoms with Gasteiger partial charge in [0.1, 0.15) is 0 Å². The maximum atomic E-state index is 12.9. The number of hydrogen-bond donors (Lipinski definition) is 1. The Hall–Kier alpha value is -2.94. The molecule has 1 aliphatic carbocycles. The summed E-state index contributed by atoms with van der Waals surface area (Å²) in [5.41, 5.74) is 0.570. The third-order valence-electron chi connectivity index (χ3n) is 4.98. The molecular formula is C24H18ClNO5S2. The van der Waals surface area contributed by atoms with E-state index in [4.69, 9.17) is 16.3 Å². The third-order valence-corrected chi connectivity index (χ3v) is 7.44. The van der Waals surface area contributed by atoms with Gasteiger partial charge in [0.2, 0.25) is 0 Å². The maximum Gasteiger partial charge on any atom is 0.340 e. The summed E-state index contributed by atoms with van der Waals surface area (Å²) >= 11 is 9.73. The molecule has 0 saturated heterocycles. The highest BCUT2D eigenvalue weighted by Crippen LogP contribution is 2.34. The van der Waals surface area contributed by atoms with Crippen molar-refractivity contribution in [2.24, 2.45) is 0 Å². The van der Waals surface area contributed by atoms with E-state index in [9.17, 15) is 19.2 Å². The number of halogens is 1. The highest BCUT2D eigenvalue weighted by molar-refractivity contribution is 7.98. The molecule has 3 aromatic rings. The van der Waals surface area contributed by atoms with Crippen LogP contribution in [0.25, 0.3) is 0 Å². The van der Waals surface area contributed by atoms with Crippen LogP contribution in [-0.2, 0) is 15.3 Å². The number of thioether (sulfide) groups is 1. The standard InChI is InChI=1S/C24H18ClNO5S2/c25-21-18(8-7-17-20(21)23(29)16-6-2-1-5-15(16)22(17)28)24(30)31-12-19(27)26-9-11-32-13-14-4-3-10-33-14/h1-8,10H,9,11-13H2,(H,26,27). The molecule has 6 nitrogen and oxygen atoms in total. The van der Waals surface area contributed by atoms with Crippen LogP contribution in [0.3, 0.4) is 0 Å². The second-order valence-electron chi connectivity index (χ2n) is 7.11. The predicted octanol–water partition coefficient (Wildman–Crippen LogP) is 4.38. The van der Waals surface area contributed by atoms with E-state index < -0.39 is 24.3 Å². The van der Waals surface area contributed by atoms with Gasteiger partial charge < -0.3 is 10.1 Å². The van der Waals surface area contributed by atoms with Gasteiger partial charge in [-0.15, -0.1) is 11.3 Å². The second kappa shape index (κ2) is 10.3. The number of fused-ring (bicyclic) bond motifs is 2. The van der Waals surface area contributed by atoms with E-state index in [1.165, 1.54) is 17.0 Å². The summed E-state index contributed by atoms with van der Waals surface area (Å²) in [5, 5.41) is 4.56. The Kier molecular flexibility index (Phi) is 7.27. The van der Waals surface area contributed by atoms with Crippen molar-refractivity contribution in [2.45, 2.75) is 5.75 Å². The third kappa shape index (κ3) is 5.03. The van der Waals surface area contributed by atoms with Crippen molar-refractivity contribution < 1.29 is 23.9 Å². The van der Waals surface area contributed by atoms with Crippen LogP contribution < -0.4 is 5.32 Å². The lowest BCUT2D eigenvalue weighted by molar-refractivity contribution is -0.124.